The summed E-state index contributed by atoms with van der Waals surface area (Å²) >= 11 is 1.79. The summed E-state index contributed by atoms with van der Waals surface area (Å²) < 4.78 is 11.4. The zero-order valence-corrected chi connectivity index (χ0v) is 16.8. The van der Waals surface area contributed by atoms with Gasteiger partial charge in [0.05, 0.1) is 12.7 Å². The molecule has 1 aliphatic heterocycles. The third kappa shape index (κ3) is 6.97. The molecule has 5 nitrogen and oxygen atoms in total. The smallest absolute Gasteiger partial charge is 0.191 e. The van der Waals surface area contributed by atoms with Crippen LogP contribution in [0.25, 0.3) is 0 Å². The van der Waals surface area contributed by atoms with E-state index in [4.69, 9.17) is 9.47 Å². The molecule has 27 heavy (non-hydrogen) atoms. The summed E-state index contributed by atoms with van der Waals surface area (Å²) in [5, 5.41) is 8.87. The molecule has 0 spiro atoms. The van der Waals surface area contributed by atoms with E-state index >= 15 is 0 Å². The van der Waals surface area contributed by atoms with Crippen LogP contribution >= 0.6 is 11.3 Å². The van der Waals surface area contributed by atoms with Crippen molar-refractivity contribution in [2.75, 3.05) is 26.8 Å². The van der Waals surface area contributed by atoms with Crippen LogP contribution in [0.3, 0.4) is 0 Å². The molecule has 2 N–H and O–H groups in total. The van der Waals surface area contributed by atoms with Crippen molar-refractivity contribution in [1.82, 2.24) is 10.6 Å². The van der Waals surface area contributed by atoms with Gasteiger partial charge in [0.2, 0.25) is 0 Å². The molecule has 3 rings (SSSR count). The monoisotopic (exact) mass is 387 g/mol. The molecule has 1 aliphatic rings. The first kappa shape index (κ1) is 19.9. The Morgan fingerprint density at radius 2 is 2.04 bits per heavy atom. The lowest BCUT2D eigenvalue weighted by atomic mass is 10.1. The summed E-state index contributed by atoms with van der Waals surface area (Å²) in [6, 6.07) is 12.8. The largest absolute Gasteiger partial charge is 0.381 e. The number of thiophene rings is 1. The van der Waals surface area contributed by atoms with Crippen molar-refractivity contribution in [3.05, 3.63) is 57.8 Å². The fourth-order valence-corrected chi connectivity index (χ4v) is 3.76. The molecule has 0 amide bonds. The summed E-state index contributed by atoms with van der Waals surface area (Å²) in [6.07, 6.45) is 3.33. The normalized spacial score (nSPS) is 15.7. The molecule has 6 heteroatoms. The van der Waals surface area contributed by atoms with E-state index in [1.54, 1.807) is 18.4 Å². The molecule has 0 bridgehead atoms. The summed E-state index contributed by atoms with van der Waals surface area (Å²) in [5.74, 6) is 0.829. The first-order valence-electron chi connectivity index (χ1n) is 9.57. The molecule has 1 fully saturated rings. The molecular weight excluding hydrogens is 358 g/mol. The zero-order valence-electron chi connectivity index (χ0n) is 15.9. The fraction of sp³-hybridized carbons (Fsp3) is 0.476. The average molecular weight is 388 g/mol. The summed E-state index contributed by atoms with van der Waals surface area (Å²) in [5.41, 5.74) is 2.44. The van der Waals surface area contributed by atoms with E-state index in [9.17, 15) is 0 Å². The Kier molecular flexibility index (Phi) is 8.14. The number of guanidine groups is 1. The van der Waals surface area contributed by atoms with Gasteiger partial charge in [-0.05, 0) is 41.8 Å². The Hall–Kier alpha value is -1.89. The van der Waals surface area contributed by atoms with Crippen LogP contribution in [0.4, 0.5) is 0 Å². The van der Waals surface area contributed by atoms with Crippen LogP contribution in [-0.2, 0) is 29.0 Å². The van der Waals surface area contributed by atoms with Crippen LogP contribution in [0.2, 0.25) is 0 Å². The van der Waals surface area contributed by atoms with Crippen LogP contribution in [0.1, 0.15) is 28.8 Å². The van der Waals surface area contributed by atoms with Gasteiger partial charge in [-0.3, -0.25) is 4.99 Å². The molecule has 1 aromatic carbocycles. The molecular formula is C21H29N3O2S. The van der Waals surface area contributed by atoms with Crippen molar-refractivity contribution >= 4 is 17.3 Å². The van der Waals surface area contributed by atoms with Gasteiger partial charge < -0.3 is 20.1 Å². The van der Waals surface area contributed by atoms with Gasteiger partial charge in [-0.15, -0.1) is 11.3 Å². The second-order valence-corrected chi connectivity index (χ2v) is 7.66. The number of hydrogen-bond acceptors (Lipinski definition) is 4. The second kappa shape index (κ2) is 11.1. The highest BCUT2D eigenvalue weighted by molar-refractivity contribution is 7.09. The lowest BCUT2D eigenvalue weighted by Gasteiger charge is -2.22. The van der Waals surface area contributed by atoms with E-state index in [1.807, 2.05) is 0 Å². The molecule has 0 saturated carbocycles. The minimum absolute atomic E-state index is 0.326. The molecule has 146 valence electrons. The lowest BCUT2D eigenvalue weighted by molar-refractivity contribution is -0.0390. The summed E-state index contributed by atoms with van der Waals surface area (Å²) in [7, 11) is 1.80. The fourth-order valence-electron chi connectivity index (χ4n) is 3.05. The number of aliphatic imine (C=N–C) groups is 1. The van der Waals surface area contributed by atoms with Crippen molar-refractivity contribution in [3.8, 4) is 0 Å². The van der Waals surface area contributed by atoms with Gasteiger partial charge in [0, 0.05) is 38.2 Å². The Balaban J connectivity index is 1.41. The summed E-state index contributed by atoms with van der Waals surface area (Å²) in [4.78, 5) is 5.69. The predicted octanol–water partition coefficient (Wildman–Crippen LogP) is 3.35. The average Bonchev–Trinajstić information content (AvgIpc) is 3.23. The topological polar surface area (TPSA) is 54.9 Å². The Bertz CT molecular complexity index is 697. The van der Waals surface area contributed by atoms with Crippen molar-refractivity contribution in [1.29, 1.82) is 0 Å². The number of benzene rings is 1. The maximum absolute atomic E-state index is 6.02. The van der Waals surface area contributed by atoms with Crippen molar-refractivity contribution in [2.45, 2.75) is 38.5 Å². The van der Waals surface area contributed by atoms with Gasteiger partial charge in [-0.1, -0.05) is 30.3 Å². The van der Waals surface area contributed by atoms with Crippen LogP contribution in [0.15, 0.2) is 46.8 Å². The minimum atomic E-state index is 0.326. The quantitative estimate of drug-likeness (QED) is 0.539. The van der Waals surface area contributed by atoms with Gasteiger partial charge in [0.1, 0.15) is 0 Å². The minimum Gasteiger partial charge on any atom is -0.381 e. The Morgan fingerprint density at radius 1 is 1.19 bits per heavy atom. The van der Waals surface area contributed by atoms with Crippen molar-refractivity contribution in [3.63, 3.8) is 0 Å². The standard InChI is InChI=1S/C21H29N3O2S/c1-22-21(23-10-7-20-6-3-13-27-20)24-15-17-4-2-5-18(14-17)16-26-19-8-11-25-12-9-19/h2-6,13-14,19H,7-12,15-16H2,1H3,(H2,22,23,24). The van der Waals surface area contributed by atoms with E-state index in [1.165, 1.54) is 16.0 Å². The van der Waals surface area contributed by atoms with Gasteiger partial charge in [-0.2, -0.15) is 0 Å². The number of rotatable bonds is 8. The third-order valence-corrected chi connectivity index (χ3v) is 5.51. The van der Waals surface area contributed by atoms with E-state index in [-0.39, 0.29) is 0 Å². The SMILES string of the molecule is CN=C(NCCc1cccs1)NCc1cccc(COC2CCOCC2)c1. The van der Waals surface area contributed by atoms with Crippen LogP contribution in [0, 0.1) is 0 Å². The molecule has 0 aliphatic carbocycles. The molecule has 1 saturated heterocycles. The highest BCUT2D eigenvalue weighted by Crippen LogP contribution is 2.14. The first-order valence-corrected chi connectivity index (χ1v) is 10.5. The maximum atomic E-state index is 6.02. The highest BCUT2D eigenvalue weighted by Gasteiger charge is 2.14. The van der Waals surface area contributed by atoms with E-state index in [2.05, 4.69) is 57.4 Å². The lowest BCUT2D eigenvalue weighted by Crippen LogP contribution is -2.37. The maximum Gasteiger partial charge on any atom is 0.191 e. The second-order valence-electron chi connectivity index (χ2n) is 6.62. The Morgan fingerprint density at radius 3 is 2.81 bits per heavy atom. The number of nitrogens with one attached hydrogen (secondary N) is 2. The van der Waals surface area contributed by atoms with E-state index in [0.29, 0.717) is 12.7 Å². The summed E-state index contributed by atoms with van der Waals surface area (Å²) in [6.45, 7) is 3.90. The predicted molar refractivity (Wildman–Crippen MR) is 111 cm³/mol. The van der Waals surface area contributed by atoms with Crippen LogP contribution < -0.4 is 10.6 Å². The van der Waals surface area contributed by atoms with Crippen LogP contribution in [-0.4, -0.2) is 38.9 Å². The van der Waals surface area contributed by atoms with Crippen LogP contribution in [0.5, 0.6) is 0 Å². The molecule has 0 radical (unpaired) electrons. The number of ether oxygens (including phenoxy) is 2. The zero-order chi connectivity index (χ0) is 18.7. The first-order chi connectivity index (χ1) is 13.3. The molecule has 0 atom stereocenters. The molecule has 0 unspecified atom stereocenters. The van der Waals surface area contributed by atoms with E-state index < -0.39 is 0 Å². The molecule has 2 heterocycles. The van der Waals surface area contributed by atoms with Gasteiger partial charge >= 0.3 is 0 Å². The Labute approximate surface area is 165 Å². The van der Waals surface area contributed by atoms with Gasteiger partial charge in [0.15, 0.2) is 5.96 Å². The molecule has 1 aromatic heterocycles. The third-order valence-electron chi connectivity index (χ3n) is 4.57. The molecule has 2 aromatic rings. The number of hydrogen-bond donors (Lipinski definition) is 2. The number of nitrogens with zero attached hydrogens (tertiary/aromatic N) is 1. The van der Waals surface area contributed by atoms with Crippen molar-refractivity contribution in [2.24, 2.45) is 4.99 Å². The van der Waals surface area contributed by atoms with Gasteiger partial charge in [0.25, 0.3) is 0 Å². The van der Waals surface area contributed by atoms with E-state index in [0.717, 1.165) is 51.5 Å². The van der Waals surface area contributed by atoms with Crippen molar-refractivity contribution < 1.29 is 9.47 Å². The van der Waals surface area contributed by atoms with Gasteiger partial charge in [-0.25, -0.2) is 0 Å². The highest BCUT2D eigenvalue weighted by atomic mass is 32.1.